The highest BCUT2D eigenvalue weighted by molar-refractivity contribution is 9.08. The Morgan fingerprint density at radius 2 is 1.81 bits per heavy atom. The molecule has 0 bridgehead atoms. The van der Waals surface area contributed by atoms with E-state index in [2.05, 4.69) is 21.2 Å². The van der Waals surface area contributed by atoms with Crippen molar-refractivity contribution in [3.63, 3.8) is 0 Å². The van der Waals surface area contributed by atoms with Gasteiger partial charge in [0.25, 0.3) is 5.91 Å². The number of hydrogen-bond acceptors (Lipinski definition) is 2. The van der Waals surface area contributed by atoms with Gasteiger partial charge in [-0.2, -0.15) is 0 Å². The van der Waals surface area contributed by atoms with Crippen LogP contribution >= 0.6 is 27.5 Å². The number of carbonyl (C=O) groups excluding carboxylic acids is 1. The van der Waals surface area contributed by atoms with Crippen LogP contribution in [0.15, 0.2) is 42.5 Å². The largest absolute Gasteiger partial charge is 0.478 e. The minimum Gasteiger partial charge on any atom is -0.478 e. The van der Waals surface area contributed by atoms with E-state index in [1.807, 2.05) is 12.1 Å². The Labute approximate surface area is 134 Å². The van der Waals surface area contributed by atoms with Crippen molar-refractivity contribution in [1.82, 2.24) is 0 Å². The summed E-state index contributed by atoms with van der Waals surface area (Å²) in [6.07, 6.45) is 0. The molecule has 0 fully saturated rings. The second kappa shape index (κ2) is 6.74. The maximum Gasteiger partial charge on any atom is 0.337 e. The lowest BCUT2D eigenvalue weighted by Gasteiger charge is -2.07. The van der Waals surface area contributed by atoms with E-state index in [0.717, 1.165) is 5.56 Å². The number of amides is 1. The van der Waals surface area contributed by atoms with E-state index in [1.54, 1.807) is 18.2 Å². The molecule has 0 aliphatic heterocycles. The van der Waals surface area contributed by atoms with E-state index in [1.165, 1.54) is 12.1 Å². The van der Waals surface area contributed by atoms with E-state index in [-0.39, 0.29) is 16.5 Å². The van der Waals surface area contributed by atoms with Crippen LogP contribution in [0.5, 0.6) is 0 Å². The van der Waals surface area contributed by atoms with Crippen LogP contribution in [0, 0.1) is 0 Å². The molecule has 0 aromatic heterocycles. The number of carbonyl (C=O) groups is 2. The SMILES string of the molecule is O=C(Nc1ccc(Cl)c(C(=O)O)c1)c1ccc(CBr)cc1. The molecular formula is C15H11BrClNO3. The summed E-state index contributed by atoms with van der Waals surface area (Å²) in [6.45, 7) is 0. The summed E-state index contributed by atoms with van der Waals surface area (Å²) in [5.41, 5.74) is 1.88. The van der Waals surface area contributed by atoms with Crippen LogP contribution in [0.4, 0.5) is 5.69 Å². The summed E-state index contributed by atoms with van der Waals surface area (Å²) < 4.78 is 0. The number of rotatable bonds is 4. The highest BCUT2D eigenvalue weighted by Crippen LogP contribution is 2.21. The summed E-state index contributed by atoms with van der Waals surface area (Å²) in [5, 5.41) is 12.5. The van der Waals surface area contributed by atoms with E-state index < -0.39 is 5.97 Å². The standard InChI is InChI=1S/C15H11BrClNO3/c16-8-9-1-3-10(4-2-9)14(19)18-11-5-6-13(17)12(7-11)15(20)21/h1-7H,8H2,(H,18,19)(H,20,21). The quantitative estimate of drug-likeness (QED) is 0.795. The molecule has 2 rings (SSSR count). The third-order valence-electron chi connectivity index (χ3n) is 2.83. The Kier molecular flexibility index (Phi) is 4.98. The molecule has 2 aromatic carbocycles. The molecule has 2 N–H and O–H groups in total. The maximum atomic E-state index is 12.1. The molecule has 0 heterocycles. The first-order chi connectivity index (χ1) is 10.0. The Hall–Kier alpha value is -1.85. The van der Waals surface area contributed by atoms with Crippen molar-refractivity contribution in [2.75, 3.05) is 5.32 Å². The smallest absolute Gasteiger partial charge is 0.337 e. The van der Waals surface area contributed by atoms with Crippen molar-refractivity contribution >= 4 is 45.1 Å². The zero-order valence-corrected chi connectivity index (χ0v) is 13.1. The predicted octanol–water partition coefficient (Wildman–Crippen LogP) is 4.19. The lowest BCUT2D eigenvalue weighted by Crippen LogP contribution is -2.12. The Balaban J connectivity index is 2.19. The minimum absolute atomic E-state index is 0.0518. The predicted molar refractivity (Wildman–Crippen MR) is 85.4 cm³/mol. The molecule has 21 heavy (non-hydrogen) atoms. The molecule has 108 valence electrons. The first kappa shape index (κ1) is 15.5. The van der Waals surface area contributed by atoms with Crippen LogP contribution < -0.4 is 5.32 Å². The number of alkyl halides is 1. The van der Waals surface area contributed by atoms with Gasteiger partial charge >= 0.3 is 5.97 Å². The van der Waals surface area contributed by atoms with Gasteiger partial charge < -0.3 is 10.4 Å². The highest BCUT2D eigenvalue weighted by atomic mass is 79.9. The van der Waals surface area contributed by atoms with Crippen molar-refractivity contribution in [1.29, 1.82) is 0 Å². The van der Waals surface area contributed by atoms with Crippen molar-refractivity contribution in [3.8, 4) is 0 Å². The molecule has 0 saturated carbocycles. The van der Waals surface area contributed by atoms with Crippen LogP contribution in [0.2, 0.25) is 5.02 Å². The lowest BCUT2D eigenvalue weighted by molar-refractivity contribution is 0.0696. The molecule has 0 radical (unpaired) electrons. The normalized spacial score (nSPS) is 10.2. The van der Waals surface area contributed by atoms with Crippen LogP contribution in [0.25, 0.3) is 0 Å². The summed E-state index contributed by atoms with van der Waals surface area (Å²) in [4.78, 5) is 23.1. The first-order valence-electron chi connectivity index (χ1n) is 6.00. The number of nitrogens with one attached hydrogen (secondary N) is 1. The van der Waals surface area contributed by atoms with Gasteiger partial charge in [-0.3, -0.25) is 4.79 Å². The van der Waals surface area contributed by atoms with E-state index in [4.69, 9.17) is 16.7 Å². The average molecular weight is 369 g/mol. The molecule has 4 nitrogen and oxygen atoms in total. The number of carboxylic acids is 1. The van der Waals surface area contributed by atoms with E-state index in [9.17, 15) is 9.59 Å². The molecule has 0 aliphatic carbocycles. The fourth-order valence-electron chi connectivity index (χ4n) is 1.72. The van der Waals surface area contributed by atoms with Gasteiger partial charge in [0.05, 0.1) is 10.6 Å². The van der Waals surface area contributed by atoms with Crippen molar-refractivity contribution in [3.05, 3.63) is 64.2 Å². The monoisotopic (exact) mass is 367 g/mol. The van der Waals surface area contributed by atoms with Gasteiger partial charge in [-0.25, -0.2) is 4.79 Å². The van der Waals surface area contributed by atoms with Gasteiger partial charge in [0.2, 0.25) is 0 Å². The topological polar surface area (TPSA) is 66.4 Å². The van der Waals surface area contributed by atoms with Crippen LogP contribution in [0.3, 0.4) is 0 Å². The zero-order valence-electron chi connectivity index (χ0n) is 10.8. The second-order valence-corrected chi connectivity index (χ2v) is 5.25. The third-order valence-corrected chi connectivity index (χ3v) is 3.80. The molecule has 2 aromatic rings. The van der Waals surface area contributed by atoms with Crippen molar-refractivity contribution < 1.29 is 14.7 Å². The van der Waals surface area contributed by atoms with Crippen molar-refractivity contribution in [2.45, 2.75) is 5.33 Å². The van der Waals surface area contributed by atoms with Gasteiger partial charge in [0, 0.05) is 16.6 Å². The van der Waals surface area contributed by atoms with Crippen LogP contribution in [-0.4, -0.2) is 17.0 Å². The zero-order chi connectivity index (χ0) is 15.4. The Bertz CT molecular complexity index is 686. The van der Waals surface area contributed by atoms with Gasteiger partial charge in [0.15, 0.2) is 0 Å². The molecule has 0 atom stereocenters. The average Bonchev–Trinajstić information content (AvgIpc) is 2.49. The summed E-state index contributed by atoms with van der Waals surface area (Å²) in [7, 11) is 0. The van der Waals surface area contributed by atoms with Gasteiger partial charge in [-0.05, 0) is 35.9 Å². The molecule has 0 unspecified atom stereocenters. The van der Waals surface area contributed by atoms with Crippen LogP contribution in [-0.2, 0) is 5.33 Å². The highest BCUT2D eigenvalue weighted by Gasteiger charge is 2.11. The number of hydrogen-bond donors (Lipinski definition) is 2. The number of benzene rings is 2. The Morgan fingerprint density at radius 1 is 1.14 bits per heavy atom. The number of aromatic carboxylic acids is 1. The molecule has 0 saturated heterocycles. The van der Waals surface area contributed by atoms with Crippen LogP contribution in [0.1, 0.15) is 26.3 Å². The van der Waals surface area contributed by atoms with Gasteiger partial charge in [-0.1, -0.05) is 39.7 Å². The maximum absolute atomic E-state index is 12.1. The molecule has 0 aliphatic rings. The number of anilines is 1. The molecule has 0 spiro atoms. The third kappa shape index (κ3) is 3.83. The molecule has 6 heteroatoms. The minimum atomic E-state index is -1.14. The summed E-state index contributed by atoms with van der Waals surface area (Å²) in [6, 6.07) is 11.4. The summed E-state index contributed by atoms with van der Waals surface area (Å²) in [5.74, 6) is -1.45. The molecule has 1 amide bonds. The van der Waals surface area contributed by atoms with E-state index >= 15 is 0 Å². The van der Waals surface area contributed by atoms with Gasteiger partial charge in [0.1, 0.15) is 0 Å². The van der Waals surface area contributed by atoms with E-state index in [0.29, 0.717) is 16.6 Å². The second-order valence-electron chi connectivity index (χ2n) is 4.28. The lowest BCUT2D eigenvalue weighted by atomic mass is 10.1. The van der Waals surface area contributed by atoms with Gasteiger partial charge in [-0.15, -0.1) is 0 Å². The number of carboxylic acid groups (broad SMARTS) is 1. The number of halogens is 2. The Morgan fingerprint density at radius 3 is 2.38 bits per heavy atom. The first-order valence-corrected chi connectivity index (χ1v) is 7.50. The van der Waals surface area contributed by atoms with Crippen molar-refractivity contribution in [2.24, 2.45) is 0 Å². The summed E-state index contributed by atoms with van der Waals surface area (Å²) >= 11 is 9.11. The molecular weight excluding hydrogens is 358 g/mol. The fourth-order valence-corrected chi connectivity index (χ4v) is 2.29. The fraction of sp³-hybridized carbons (Fsp3) is 0.0667.